The summed E-state index contributed by atoms with van der Waals surface area (Å²) in [5, 5.41) is 20.5. The van der Waals surface area contributed by atoms with Gasteiger partial charge < -0.3 is 16.2 Å². The minimum absolute atomic E-state index is 0.561. The van der Waals surface area contributed by atoms with Crippen molar-refractivity contribution in [3.63, 3.8) is 0 Å². The first-order valence-electron chi connectivity index (χ1n) is 7.77. The number of carbonyl (C=O) groups excluding carboxylic acids is 2. The van der Waals surface area contributed by atoms with Gasteiger partial charge in [0.2, 0.25) is 5.91 Å². The SMILES string of the molecule is CC(O)C(NC(=O)[C@@H](N)c1ccc(-c2ccccc2)cc1)C(=O)NO. The van der Waals surface area contributed by atoms with Gasteiger partial charge in [-0.3, -0.25) is 14.8 Å². The quantitative estimate of drug-likeness (QED) is 0.390. The van der Waals surface area contributed by atoms with E-state index < -0.39 is 30.0 Å². The molecule has 7 nitrogen and oxygen atoms in total. The van der Waals surface area contributed by atoms with Crippen LogP contribution >= 0.6 is 0 Å². The minimum Gasteiger partial charge on any atom is -0.391 e. The van der Waals surface area contributed by atoms with Gasteiger partial charge in [0.05, 0.1) is 6.10 Å². The van der Waals surface area contributed by atoms with Gasteiger partial charge in [-0.05, 0) is 23.6 Å². The zero-order valence-electron chi connectivity index (χ0n) is 13.7. The van der Waals surface area contributed by atoms with Crippen LogP contribution in [0.3, 0.4) is 0 Å². The van der Waals surface area contributed by atoms with Crippen molar-refractivity contribution < 1.29 is 19.9 Å². The summed E-state index contributed by atoms with van der Waals surface area (Å²) in [6, 6.07) is 14.6. The van der Waals surface area contributed by atoms with Gasteiger partial charge in [-0.15, -0.1) is 0 Å². The average Bonchev–Trinajstić information content (AvgIpc) is 2.65. The lowest BCUT2D eigenvalue weighted by Gasteiger charge is -2.21. The van der Waals surface area contributed by atoms with Crippen LogP contribution in [0.4, 0.5) is 0 Å². The molecule has 2 aromatic rings. The molecule has 132 valence electrons. The van der Waals surface area contributed by atoms with Crippen LogP contribution in [0.5, 0.6) is 0 Å². The third kappa shape index (κ3) is 4.63. The summed E-state index contributed by atoms with van der Waals surface area (Å²) in [5.74, 6) is -1.56. The normalized spacial score (nSPS) is 14.2. The topological polar surface area (TPSA) is 125 Å². The predicted octanol–water partition coefficient (Wildman–Crippen LogP) is 0.724. The van der Waals surface area contributed by atoms with Crippen molar-refractivity contribution in [2.24, 2.45) is 5.73 Å². The van der Waals surface area contributed by atoms with Crippen molar-refractivity contribution in [2.75, 3.05) is 0 Å². The second kappa shape index (κ2) is 8.39. The fraction of sp³-hybridized carbons (Fsp3) is 0.222. The van der Waals surface area contributed by atoms with Crippen LogP contribution in [0.25, 0.3) is 11.1 Å². The Bertz CT molecular complexity index is 717. The lowest BCUT2D eigenvalue weighted by molar-refractivity contribution is -0.137. The Hall–Kier alpha value is -2.74. The number of aliphatic hydroxyl groups is 1. The van der Waals surface area contributed by atoms with Gasteiger partial charge in [-0.2, -0.15) is 0 Å². The maximum atomic E-state index is 12.2. The highest BCUT2D eigenvalue weighted by Gasteiger charge is 2.28. The molecule has 0 aliphatic heterocycles. The maximum Gasteiger partial charge on any atom is 0.268 e. The zero-order chi connectivity index (χ0) is 18.4. The van der Waals surface area contributed by atoms with Crippen molar-refractivity contribution >= 4 is 11.8 Å². The molecule has 2 rings (SSSR count). The van der Waals surface area contributed by atoms with E-state index in [9.17, 15) is 14.7 Å². The summed E-state index contributed by atoms with van der Waals surface area (Å²) in [7, 11) is 0. The lowest BCUT2D eigenvalue weighted by Crippen LogP contribution is -2.53. The number of rotatable bonds is 6. The third-order valence-electron chi connectivity index (χ3n) is 3.83. The molecular formula is C18H21N3O4. The Labute approximate surface area is 145 Å². The molecule has 2 aromatic carbocycles. The number of amides is 2. The van der Waals surface area contributed by atoms with E-state index in [4.69, 9.17) is 10.9 Å². The van der Waals surface area contributed by atoms with Crippen LogP contribution in [-0.2, 0) is 9.59 Å². The monoisotopic (exact) mass is 343 g/mol. The average molecular weight is 343 g/mol. The van der Waals surface area contributed by atoms with Crippen molar-refractivity contribution in [1.29, 1.82) is 0 Å². The van der Waals surface area contributed by atoms with Crippen molar-refractivity contribution in [3.05, 3.63) is 60.2 Å². The van der Waals surface area contributed by atoms with E-state index in [0.717, 1.165) is 11.1 Å². The van der Waals surface area contributed by atoms with Gasteiger partial charge in [-0.25, -0.2) is 5.48 Å². The summed E-state index contributed by atoms with van der Waals surface area (Å²) >= 11 is 0. The summed E-state index contributed by atoms with van der Waals surface area (Å²) in [4.78, 5) is 23.7. The van der Waals surface area contributed by atoms with Gasteiger partial charge in [0.1, 0.15) is 12.1 Å². The molecular weight excluding hydrogens is 322 g/mol. The highest BCUT2D eigenvalue weighted by Crippen LogP contribution is 2.21. The molecule has 0 spiro atoms. The van der Waals surface area contributed by atoms with E-state index in [1.54, 1.807) is 12.1 Å². The van der Waals surface area contributed by atoms with Crippen LogP contribution in [0.2, 0.25) is 0 Å². The molecule has 0 aromatic heterocycles. The summed E-state index contributed by atoms with van der Waals surface area (Å²) in [6.07, 6.45) is -1.19. The molecule has 0 heterocycles. The molecule has 0 saturated heterocycles. The molecule has 0 radical (unpaired) electrons. The molecule has 2 unspecified atom stereocenters. The van der Waals surface area contributed by atoms with Gasteiger partial charge in [0, 0.05) is 0 Å². The van der Waals surface area contributed by atoms with Gasteiger partial charge in [0.15, 0.2) is 0 Å². The Balaban J connectivity index is 2.10. The van der Waals surface area contributed by atoms with E-state index in [2.05, 4.69) is 5.32 Å². The Morgan fingerprint density at radius 2 is 1.52 bits per heavy atom. The van der Waals surface area contributed by atoms with Crippen LogP contribution in [0.1, 0.15) is 18.5 Å². The van der Waals surface area contributed by atoms with Gasteiger partial charge >= 0.3 is 0 Å². The molecule has 3 atom stereocenters. The van der Waals surface area contributed by atoms with Crippen molar-refractivity contribution in [3.8, 4) is 11.1 Å². The molecule has 0 aliphatic carbocycles. The first-order chi connectivity index (χ1) is 11.9. The molecule has 0 saturated carbocycles. The fourth-order valence-electron chi connectivity index (χ4n) is 2.38. The van der Waals surface area contributed by atoms with Gasteiger partial charge in [0.25, 0.3) is 5.91 Å². The van der Waals surface area contributed by atoms with Crippen molar-refractivity contribution in [1.82, 2.24) is 10.8 Å². The summed E-state index contributed by atoms with van der Waals surface area (Å²) in [5.41, 5.74) is 9.92. The fourth-order valence-corrected chi connectivity index (χ4v) is 2.38. The number of benzene rings is 2. The Kier molecular flexibility index (Phi) is 6.24. The maximum absolute atomic E-state index is 12.2. The number of nitrogens with one attached hydrogen (secondary N) is 2. The zero-order valence-corrected chi connectivity index (χ0v) is 13.7. The first kappa shape index (κ1) is 18.6. The smallest absolute Gasteiger partial charge is 0.268 e. The molecule has 0 bridgehead atoms. The standard InChI is InChI=1S/C18H21N3O4/c1-11(22)16(18(24)21-25)20-17(23)15(19)14-9-7-13(8-10-14)12-5-3-2-4-6-12/h2-11,15-16,22,25H,19H2,1H3,(H,20,23)(H,21,24)/t11?,15-,16?/m0/s1. The van der Waals surface area contributed by atoms with E-state index >= 15 is 0 Å². The number of carbonyl (C=O) groups is 2. The molecule has 2 amide bonds. The minimum atomic E-state index is -1.30. The molecule has 0 fully saturated rings. The van der Waals surface area contributed by atoms with E-state index in [1.165, 1.54) is 12.4 Å². The number of nitrogens with two attached hydrogens (primary N) is 1. The largest absolute Gasteiger partial charge is 0.391 e. The van der Waals surface area contributed by atoms with Crippen LogP contribution in [0, 0.1) is 0 Å². The predicted molar refractivity (Wildman–Crippen MR) is 92.3 cm³/mol. The molecule has 25 heavy (non-hydrogen) atoms. The van der Waals surface area contributed by atoms with E-state index in [0.29, 0.717) is 5.56 Å². The lowest BCUT2D eigenvalue weighted by atomic mass is 10.0. The molecule has 7 heteroatoms. The summed E-state index contributed by atoms with van der Waals surface area (Å²) < 4.78 is 0. The second-order valence-corrected chi connectivity index (χ2v) is 5.67. The number of hydrogen-bond donors (Lipinski definition) is 5. The van der Waals surface area contributed by atoms with Crippen LogP contribution in [-0.4, -0.2) is 34.3 Å². The third-order valence-corrected chi connectivity index (χ3v) is 3.83. The highest BCUT2D eigenvalue weighted by molar-refractivity contribution is 5.90. The second-order valence-electron chi connectivity index (χ2n) is 5.67. The number of aliphatic hydroxyl groups excluding tert-OH is 1. The Morgan fingerprint density at radius 1 is 0.960 bits per heavy atom. The van der Waals surface area contributed by atoms with Crippen molar-refractivity contribution in [2.45, 2.75) is 25.1 Å². The van der Waals surface area contributed by atoms with E-state index in [-0.39, 0.29) is 0 Å². The molecule has 6 N–H and O–H groups in total. The van der Waals surface area contributed by atoms with Crippen LogP contribution < -0.4 is 16.5 Å². The number of hydrogen-bond acceptors (Lipinski definition) is 5. The number of hydroxylamine groups is 1. The Morgan fingerprint density at radius 3 is 2.04 bits per heavy atom. The highest BCUT2D eigenvalue weighted by atomic mass is 16.5. The van der Waals surface area contributed by atoms with E-state index in [1.807, 2.05) is 42.5 Å². The molecule has 0 aliphatic rings. The van der Waals surface area contributed by atoms with Gasteiger partial charge in [-0.1, -0.05) is 54.6 Å². The summed E-state index contributed by atoms with van der Waals surface area (Å²) in [6.45, 7) is 1.32. The first-order valence-corrected chi connectivity index (χ1v) is 7.77. The van der Waals surface area contributed by atoms with Crippen LogP contribution in [0.15, 0.2) is 54.6 Å².